The van der Waals surface area contributed by atoms with Crippen LogP contribution in [0.3, 0.4) is 0 Å². The van der Waals surface area contributed by atoms with Crippen molar-refractivity contribution in [2.24, 2.45) is 0 Å². The highest BCUT2D eigenvalue weighted by molar-refractivity contribution is 6.05. The van der Waals surface area contributed by atoms with Gasteiger partial charge in [0.15, 0.2) is 0 Å². The zero-order chi connectivity index (χ0) is 12.3. The maximum Gasteiger partial charge on any atom is 0.244 e. The lowest BCUT2D eigenvalue weighted by Crippen LogP contribution is -2.47. The Morgan fingerprint density at radius 2 is 2.06 bits per heavy atom. The first-order chi connectivity index (χ1) is 8.15. The Kier molecular flexibility index (Phi) is 4.12. The van der Waals surface area contributed by atoms with Gasteiger partial charge in [0.25, 0.3) is 0 Å². The first kappa shape index (κ1) is 12.5. The molecule has 5 nitrogen and oxygen atoms in total. The summed E-state index contributed by atoms with van der Waals surface area (Å²) in [4.78, 5) is 24.9. The zero-order valence-electron chi connectivity index (χ0n) is 10.4. The van der Waals surface area contributed by atoms with Gasteiger partial charge in [0.1, 0.15) is 0 Å². The van der Waals surface area contributed by atoms with Crippen molar-refractivity contribution in [3.8, 4) is 0 Å². The number of amides is 2. The van der Waals surface area contributed by atoms with Crippen molar-refractivity contribution in [3.63, 3.8) is 0 Å². The summed E-state index contributed by atoms with van der Waals surface area (Å²) in [5, 5.41) is 5.55. The van der Waals surface area contributed by atoms with Crippen LogP contribution in [-0.2, 0) is 9.59 Å². The summed E-state index contributed by atoms with van der Waals surface area (Å²) in [6.07, 6.45) is 4.16. The SMILES string of the molecule is CC(CN1CCCCC1)NC1CC(=O)NC1=O. The Hall–Kier alpha value is -0.940. The molecule has 17 heavy (non-hydrogen) atoms. The molecule has 0 radical (unpaired) electrons. The maximum atomic E-state index is 11.4. The van der Waals surface area contributed by atoms with Gasteiger partial charge in [-0.3, -0.25) is 14.9 Å². The number of rotatable bonds is 4. The van der Waals surface area contributed by atoms with Crippen LogP contribution >= 0.6 is 0 Å². The fourth-order valence-electron chi connectivity index (χ4n) is 2.61. The number of nitrogens with zero attached hydrogens (tertiary/aromatic N) is 1. The molecule has 2 amide bonds. The minimum atomic E-state index is -0.331. The first-order valence-corrected chi connectivity index (χ1v) is 6.47. The van der Waals surface area contributed by atoms with Crippen LogP contribution in [0.5, 0.6) is 0 Å². The van der Waals surface area contributed by atoms with Gasteiger partial charge >= 0.3 is 0 Å². The second-order valence-electron chi connectivity index (χ2n) is 5.10. The van der Waals surface area contributed by atoms with Gasteiger partial charge in [0, 0.05) is 12.6 Å². The zero-order valence-corrected chi connectivity index (χ0v) is 10.4. The van der Waals surface area contributed by atoms with Crippen LogP contribution in [-0.4, -0.2) is 48.4 Å². The van der Waals surface area contributed by atoms with Crippen LogP contribution in [0.1, 0.15) is 32.6 Å². The average molecular weight is 239 g/mol. The summed E-state index contributed by atoms with van der Waals surface area (Å²) >= 11 is 0. The molecular formula is C12H21N3O2. The Bertz CT molecular complexity index is 300. The molecular weight excluding hydrogens is 218 g/mol. The number of carbonyl (C=O) groups is 2. The normalized spacial score (nSPS) is 28.2. The predicted molar refractivity (Wildman–Crippen MR) is 64.4 cm³/mol. The number of imide groups is 1. The van der Waals surface area contributed by atoms with E-state index < -0.39 is 0 Å². The molecule has 2 rings (SSSR count). The standard InChI is InChI=1S/C12H21N3O2/c1-9(8-15-5-3-2-4-6-15)13-10-7-11(16)14-12(10)17/h9-10,13H,2-8H2,1H3,(H,14,16,17). The van der Waals surface area contributed by atoms with Crippen LogP contribution in [0.25, 0.3) is 0 Å². The van der Waals surface area contributed by atoms with Gasteiger partial charge in [0.2, 0.25) is 11.8 Å². The van der Waals surface area contributed by atoms with Gasteiger partial charge in [-0.1, -0.05) is 6.42 Å². The van der Waals surface area contributed by atoms with E-state index in [1.807, 2.05) is 0 Å². The highest BCUT2D eigenvalue weighted by atomic mass is 16.2. The Morgan fingerprint density at radius 3 is 2.65 bits per heavy atom. The third-order valence-corrected chi connectivity index (χ3v) is 3.44. The number of piperidine rings is 1. The van der Waals surface area contributed by atoms with Gasteiger partial charge in [-0.05, 0) is 32.9 Å². The van der Waals surface area contributed by atoms with Crippen molar-refractivity contribution in [2.45, 2.75) is 44.7 Å². The Morgan fingerprint density at radius 1 is 1.35 bits per heavy atom. The Labute approximate surface area is 102 Å². The fourth-order valence-corrected chi connectivity index (χ4v) is 2.61. The van der Waals surface area contributed by atoms with E-state index in [9.17, 15) is 9.59 Å². The summed E-state index contributed by atoms with van der Waals surface area (Å²) in [7, 11) is 0. The van der Waals surface area contributed by atoms with Crippen molar-refractivity contribution < 1.29 is 9.59 Å². The van der Waals surface area contributed by atoms with Gasteiger partial charge in [-0.15, -0.1) is 0 Å². The molecule has 0 aromatic rings. The lowest BCUT2D eigenvalue weighted by molar-refractivity contribution is -0.125. The number of nitrogens with one attached hydrogen (secondary N) is 2. The fraction of sp³-hybridized carbons (Fsp3) is 0.833. The molecule has 0 saturated carbocycles. The van der Waals surface area contributed by atoms with E-state index in [4.69, 9.17) is 0 Å². The smallest absolute Gasteiger partial charge is 0.244 e. The number of carbonyl (C=O) groups excluding carboxylic acids is 2. The van der Waals surface area contributed by atoms with Crippen molar-refractivity contribution in [1.82, 2.24) is 15.5 Å². The molecule has 2 aliphatic heterocycles. The second kappa shape index (κ2) is 5.60. The van der Waals surface area contributed by atoms with E-state index in [-0.39, 0.29) is 30.3 Å². The highest BCUT2D eigenvalue weighted by Crippen LogP contribution is 2.09. The molecule has 0 spiro atoms. The van der Waals surface area contributed by atoms with Crippen LogP contribution < -0.4 is 10.6 Å². The van der Waals surface area contributed by atoms with Crippen molar-refractivity contribution in [1.29, 1.82) is 0 Å². The number of hydrogen-bond donors (Lipinski definition) is 2. The largest absolute Gasteiger partial charge is 0.302 e. The summed E-state index contributed by atoms with van der Waals surface area (Å²) in [6.45, 7) is 5.34. The van der Waals surface area contributed by atoms with Crippen LogP contribution in [0, 0.1) is 0 Å². The lowest BCUT2D eigenvalue weighted by Gasteiger charge is -2.30. The van der Waals surface area contributed by atoms with Crippen molar-refractivity contribution in [3.05, 3.63) is 0 Å². The third kappa shape index (κ3) is 3.51. The summed E-state index contributed by atoms with van der Waals surface area (Å²) in [5.41, 5.74) is 0. The van der Waals surface area contributed by atoms with Crippen LogP contribution in [0.2, 0.25) is 0 Å². The summed E-state index contributed by atoms with van der Waals surface area (Å²) < 4.78 is 0. The first-order valence-electron chi connectivity index (χ1n) is 6.47. The molecule has 2 fully saturated rings. The van der Waals surface area contributed by atoms with Gasteiger partial charge in [-0.25, -0.2) is 0 Å². The molecule has 2 saturated heterocycles. The van der Waals surface area contributed by atoms with E-state index in [1.165, 1.54) is 19.3 Å². The minimum absolute atomic E-state index is 0.169. The highest BCUT2D eigenvalue weighted by Gasteiger charge is 2.31. The monoisotopic (exact) mass is 239 g/mol. The molecule has 2 N–H and O–H groups in total. The quantitative estimate of drug-likeness (QED) is 0.671. The van der Waals surface area contributed by atoms with E-state index in [0.29, 0.717) is 0 Å². The van der Waals surface area contributed by atoms with Gasteiger partial charge < -0.3 is 10.2 Å². The summed E-state index contributed by atoms with van der Waals surface area (Å²) in [5.74, 6) is -0.349. The molecule has 0 aromatic carbocycles. The number of likely N-dealkylation sites (tertiary alicyclic amines) is 1. The van der Waals surface area contributed by atoms with E-state index in [2.05, 4.69) is 22.5 Å². The predicted octanol–water partition coefficient (Wildman–Crippen LogP) is -0.134. The molecule has 2 atom stereocenters. The Balaban J connectivity index is 1.74. The molecule has 0 aliphatic carbocycles. The van der Waals surface area contributed by atoms with Crippen LogP contribution in [0.15, 0.2) is 0 Å². The van der Waals surface area contributed by atoms with E-state index in [0.717, 1.165) is 19.6 Å². The molecule has 2 aliphatic rings. The number of hydrogen-bond acceptors (Lipinski definition) is 4. The molecule has 2 unspecified atom stereocenters. The van der Waals surface area contributed by atoms with Gasteiger partial charge in [-0.2, -0.15) is 0 Å². The lowest BCUT2D eigenvalue weighted by atomic mass is 10.1. The summed E-state index contributed by atoms with van der Waals surface area (Å²) in [6, 6.07) is -0.0861. The topological polar surface area (TPSA) is 61.4 Å². The third-order valence-electron chi connectivity index (χ3n) is 3.44. The van der Waals surface area contributed by atoms with E-state index in [1.54, 1.807) is 0 Å². The van der Waals surface area contributed by atoms with Crippen molar-refractivity contribution in [2.75, 3.05) is 19.6 Å². The molecule has 2 heterocycles. The minimum Gasteiger partial charge on any atom is -0.302 e. The van der Waals surface area contributed by atoms with Crippen molar-refractivity contribution >= 4 is 11.8 Å². The molecule has 5 heteroatoms. The molecule has 0 bridgehead atoms. The maximum absolute atomic E-state index is 11.4. The van der Waals surface area contributed by atoms with E-state index >= 15 is 0 Å². The van der Waals surface area contributed by atoms with Crippen LogP contribution in [0.4, 0.5) is 0 Å². The average Bonchev–Trinajstić information content (AvgIpc) is 2.58. The molecule has 0 aromatic heterocycles. The molecule has 96 valence electrons. The van der Waals surface area contributed by atoms with Gasteiger partial charge in [0.05, 0.1) is 12.5 Å². The second-order valence-corrected chi connectivity index (χ2v) is 5.10.